The molecule has 0 aliphatic heterocycles. The van der Waals surface area contributed by atoms with Crippen LogP contribution in [-0.2, 0) is 17.6 Å². The third kappa shape index (κ3) is 3.17. The normalized spacial score (nSPS) is 10.3. The molecule has 2 aromatic rings. The van der Waals surface area contributed by atoms with Crippen LogP contribution in [0.1, 0.15) is 28.8 Å². The fraction of sp³-hybridized carbons (Fsp3) is 0.200. The molecule has 1 aromatic heterocycles. The largest absolute Gasteiger partial charge is 0.465 e. The highest BCUT2D eigenvalue weighted by atomic mass is 16.3. The van der Waals surface area contributed by atoms with Crippen molar-refractivity contribution in [1.29, 1.82) is 0 Å². The summed E-state index contributed by atoms with van der Waals surface area (Å²) in [5, 5.41) is 0. The monoisotopic (exact) mass is 242 g/mol. The number of furan rings is 1. The molecule has 0 radical (unpaired) electrons. The van der Waals surface area contributed by atoms with Gasteiger partial charge < -0.3 is 4.42 Å². The zero-order valence-electron chi connectivity index (χ0n) is 10.2. The van der Waals surface area contributed by atoms with Crippen molar-refractivity contribution in [3.8, 4) is 0 Å². The van der Waals surface area contributed by atoms with Gasteiger partial charge in [-0.05, 0) is 19.1 Å². The van der Waals surface area contributed by atoms with Crippen LogP contribution < -0.4 is 0 Å². The van der Waals surface area contributed by atoms with E-state index < -0.39 is 0 Å². The third-order valence-corrected chi connectivity index (χ3v) is 2.57. The third-order valence-electron chi connectivity index (χ3n) is 2.57. The molecule has 3 nitrogen and oxygen atoms in total. The van der Waals surface area contributed by atoms with Crippen molar-refractivity contribution in [1.82, 2.24) is 0 Å². The van der Waals surface area contributed by atoms with Gasteiger partial charge in [0, 0.05) is 5.56 Å². The molecule has 0 aliphatic rings. The van der Waals surface area contributed by atoms with Gasteiger partial charge in [0.25, 0.3) is 0 Å². The molecule has 0 aliphatic carbocycles. The number of benzene rings is 1. The predicted molar refractivity (Wildman–Crippen MR) is 67.6 cm³/mol. The molecule has 0 unspecified atom stereocenters. The lowest BCUT2D eigenvalue weighted by Crippen LogP contribution is -2.02. The summed E-state index contributed by atoms with van der Waals surface area (Å²) in [5.74, 6) is 1.27. The summed E-state index contributed by atoms with van der Waals surface area (Å²) in [5.41, 5.74) is 0.669. The number of Topliss-reactive ketones (excluding diaryl/α,β-unsaturated/α-hetero) is 2. The first-order valence-corrected chi connectivity index (χ1v) is 5.80. The van der Waals surface area contributed by atoms with Gasteiger partial charge in [-0.1, -0.05) is 30.3 Å². The van der Waals surface area contributed by atoms with E-state index in [2.05, 4.69) is 0 Å². The second-order valence-electron chi connectivity index (χ2n) is 4.21. The molecule has 92 valence electrons. The Kier molecular flexibility index (Phi) is 3.72. The van der Waals surface area contributed by atoms with Crippen molar-refractivity contribution in [3.05, 3.63) is 59.5 Å². The lowest BCUT2D eigenvalue weighted by Gasteiger charge is -1.98. The Hall–Kier alpha value is -2.16. The van der Waals surface area contributed by atoms with Gasteiger partial charge in [-0.25, -0.2) is 0 Å². The van der Waals surface area contributed by atoms with E-state index in [0.717, 1.165) is 0 Å². The summed E-state index contributed by atoms with van der Waals surface area (Å²) >= 11 is 0. The van der Waals surface area contributed by atoms with Gasteiger partial charge >= 0.3 is 0 Å². The highest BCUT2D eigenvalue weighted by Gasteiger charge is 2.10. The molecular formula is C15H14O3. The molecule has 18 heavy (non-hydrogen) atoms. The molecule has 0 atom stereocenters. The number of hydrogen-bond donors (Lipinski definition) is 0. The Morgan fingerprint density at radius 1 is 0.944 bits per heavy atom. The molecule has 3 heteroatoms. The van der Waals surface area contributed by atoms with Crippen LogP contribution in [-0.4, -0.2) is 11.6 Å². The first-order valence-electron chi connectivity index (χ1n) is 5.80. The van der Waals surface area contributed by atoms with Crippen molar-refractivity contribution in [2.75, 3.05) is 0 Å². The number of ketones is 2. The lowest BCUT2D eigenvalue weighted by atomic mass is 10.1. The quantitative estimate of drug-likeness (QED) is 0.757. The molecular weight excluding hydrogens is 228 g/mol. The van der Waals surface area contributed by atoms with E-state index in [1.807, 2.05) is 18.2 Å². The van der Waals surface area contributed by atoms with Gasteiger partial charge in [0.2, 0.25) is 0 Å². The minimum atomic E-state index is 0.0133. The molecule has 0 bridgehead atoms. The van der Waals surface area contributed by atoms with E-state index in [9.17, 15) is 9.59 Å². The molecule has 0 saturated heterocycles. The van der Waals surface area contributed by atoms with E-state index in [4.69, 9.17) is 4.42 Å². The zero-order valence-corrected chi connectivity index (χ0v) is 10.2. The van der Waals surface area contributed by atoms with E-state index in [1.54, 1.807) is 24.3 Å². The van der Waals surface area contributed by atoms with Crippen LogP contribution in [0.3, 0.4) is 0 Å². The molecule has 0 amide bonds. The van der Waals surface area contributed by atoms with Gasteiger partial charge in [0.1, 0.15) is 17.3 Å². The number of hydrogen-bond acceptors (Lipinski definition) is 3. The maximum absolute atomic E-state index is 11.9. The first-order chi connectivity index (χ1) is 8.65. The topological polar surface area (TPSA) is 47.3 Å². The van der Waals surface area contributed by atoms with E-state index in [0.29, 0.717) is 17.1 Å². The van der Waals surface area contributed by atoms with Gasteiger partial charge in [-0.3, -0.25) is 9.59 Å². The molecule has 0 fully saturated rings. The predicted octanol–water partition coefficient (Wildman–Crippen LogP) is 2.84. The van der Waals surface area contributed by atoms with Gasteiger partial charge in [-0.2, -0.15) is 0 Å². The van der Waals surface area contributed by atoms with E-state index >= 15 is 0 Å². The summed E-state index contributed by atoms with van der Waals surface area (Å²) in [6, 6.07) is 12.6. The summed E-state index contributed by atoms with van der Waals surface area (Å²) < 4.78 is 5.44. The average molecular weight is 242 g/mol. The van der Waals surface area contributed by atoms with E-state index in [1.165, 1.54) is 6.92 Å². The fourth-order valence-electron chi connectivity index (χ4n) is 1.74. The summed E-state index contributed by atoms with van der Waals surface area (Å²) in [6.07, 6.45) is 0.501. The number of carbonyl (C=O) groups is 2. The van der Waals surface area contributed by atoms with E-state index in [-0.39, 0.29) is 24.4 Å². The average Bonchev–Trinajstić information content (AvgIpc) is 2.76. The Morgan fingerprint density at radius 3 is 2.17 bits per heavy atom. The standard InChI is InChI=1S/C15H14O3/c1-11(16)9-13-7-8-14(18-13)10-15(17)12-5-3-2-4-6-12/h2-8H,9-10H2,1H3. The number of carbonyl (C=O) groups excluding carboxylic acids is 2. The Labute approximate surface area is 105 Å². The number of rotatable bonds is 5. The maximum atomic E-state index is 11.9. The minimum Gasteiger partial charge on any atom is -0.465 e. The molecule has 0 saturated carbocycles. The minimum absolute atomic E-state index is 0.0133. The zero-order chi connectivity index (χ0) is 13.0. The highest BCUT2D eigenvalue weighted by molar-refractivity contribution is 5.97. The highest BCUT2D eigenvalue weighted by Crippen LogP contribution is 2.12. The van der Waals surface area contributed by atoms with Crippen molar-refractivity contribution in [3.63, 3.8) is 0 Å². The SMILES string of the molecule is CC(=O)Cc1ccc(CC(=O)c2ccccc2)o1. The Balaban J connectivity index is 2.04. The van der Waals surface area contributed by atoms with Gasteiger partial charge in [-0.15, -0.1) is 0 Å². The fourth-order valence-corrected chi connectivity index (χ4v) is 1.74. The van der Waals surface area contributed by atoms with Crippen molar-refractivity contribution in [2.24, 2.45) is 0 Å². The summed E-state index contributed by atoms with van der Waals surface area (Å²) in [6.45, 7) is 1.51. The Bertz CT molecular complexity index is 552. The van der Waals surface area contributed by atoms with Crippen molar-refractivity contribution in [2.45, 2.75) is 19.8 Å². The van der Waals surface area contributed by atoms with Crippen LogP contribution in [0.4, 0.5) is 0 Å². The van der Waals surface area contributed by atoms with Crippen LogP contribution in [0, 0.1) is 0 Å². The van der Waals surface area contributed by atoms with Crippen LogP contribution >= 0.6 is 0 Å². The lowest BCUT2D eigenvalue weighted by molar-refractivity contribution is -0.116. The van der Waals surface area contributed by atoms with Crippen LogP contribution in [0.15, 0.2) is 46.9 Å². The van der Waals surface area contributed by atoms with Crippen molar-refractivity contribution < 1.29 is 14.0 Å². The van der Waals surface area contributed by atoms with Crippen LogP contribution in [0.25, 0.3) is 0 Å². The van der Waals surface area contributed by atoms with Gasteiger partial charge in [0.05, 0.1) is 12.8 Å². The van der Waals surface area contributed by atoms with Crippen LogP contribution in [0.5, 0.6) is 0 Å². The molecule has 2 rings (SSSR count). The molecule has 1 aromatic carbocycles. The molecule has 0 N–H and O–H groups in total. The Morgan fingerprint density at radius 2 is 1.56 bits per heavy atom. The molecule has 0 spiro atoms. The summed E-state index contributed by atoms with van der Waals surface area (Å²) in [7, 11) is 0. The van der Waals surface area contributed by atoms with Crippen LogP contribution in [0.2, 0.25) is 0 Å². The van der Waals surface area contributed by atoms with Gasteiger partial charge in [0.15, 0.2) is 5.78 Å². The first kappa shape index (κ1) is 12.3. The smallest absolute Gasteiger partial charge is 0.170 e. The second-order valence-corrected chi connectivity index (χ2v) is 4.21. The maximum Gasteiger partial charge on any atom is 0.170 e. The summed E-state index contributed by atoms with van der Waals surface area (Å²) in [4.78, 5) is 22.9. The van der Waals surface area contributed by atoms with Crippen molar-refractivity contribution >= 4 is 11.6 Å². The molecule has 1 heterocycles. The second kappa shape index (κ2) is 5.45.